The first-order valence-corrected chi connectivity index (χ1v) is 8.20. The molecular formula is C20H19FN4O. The number of hydrogen-bond donors (Lipinski definition) is 2. The van der Waals surface area contributed by atoms with Crippen LogP contribution < -0.4 is 10.6 Å². The molecule has 5 nitrogen and oxygen atoms in total. The standard InChI is InChI=1S/C20H19FN4O/c1-13-7-14(2)9-16(8-13)25-20(26)18-11-24-19(12-22-18)23-10-15-5-3-4-6-17(15)21/h3-9,11-12H,10H2,1-2H3,(H,23,24)(H,25,26). The van der Waals surface area contributed by atoms with Gasteiger partial charge in [0.25, 0.3) is 5.91 Å². The summed E-state index contributed by atoms with van der Waals surface area (Å²) in [6.45, 7) is 4.23. The highest BCUT2D eigenvalue weighted by atomic mass is 19.1. The van der Waals surface area contributed by atoms with Crippen molar-refractivity contribution in [3.05, 3.63) is 83.1 Å². The van der Waals surface area contributed by atoms with E-state index < -0.39 is 0 Å². The first-order valence-electron chi connectivity index (χ1n) is 8.20. The molecule has 1 amide bonds. The van der Waals surface area contributed by atoms with Crippen molar-refractivity contribution in [1.29, 1.82) is 0 Å². The number of halogens is 1. The predicted octanol–water partition coefficient (Wildman–Crippen LogP) is 4.10. The summed E-state index contributed by atoms with van der Waals surface area (Å²) in [5.41, 5.74) is 3.60. The van der Waals surface area contributed by atoms with Crippen LogP contribution in [0.2, 0.25) is 0 Å². The average molecular weight is 350 g/mol. The molecule has 0 atom stereocenters. The number of nitrogens with zero attached hydrogens (tertiary/aromatic N) is 2. The Labute approximate surface area is 151 Å². The normalized spacial score (nSPS) is 10.4. The van der Waals surface area contributed by atoms with E-state index in [2.05, 4.69) is 20.6 Å². The molecule has 132 valence electrons. The zero-order valence-electron chi connectivity index (χ0n) is 14.6. The second kappa shape index (κ2) is 7.74. The summed E-state index contributed by atoms with van der Waals surface area (Å²) >= 11 is 0. The van der Waals surface area contributed by atoms with Gasteiger partial charge in [-0.1, -0.05) is 24.3 Å². The van der Waals surface area contributed by atoms with Gasteiger partial charge in [0.1, 0.15) is 17.3 Å². The third-order valence-corrected chi connectivity index (χ3v) is 3.78. The fourth-order valence-electron chi connectivity index (χ4n) is 2.61. The van der Waals surface area contributed by atoms with Crippen LogP contribution in [0.4, 0.5) is 15.9 Å². The molecule has 0 aliphatic carbocycles. The largest absolute Gasteiger partial charge is 0.365 e. The number of carbonyl (C=O) groups is 1. The molecule has 0 radical (unpaired) electrons. The SMILES string of the molecule is Cc1cc(C)cc(NC(=O)c2cnc(NCc3ccccc3F)cn2)c1. The third-order valence-electron chi connectivity index (χ3n) is 3.78. The van der Waals surface area contributed by atoms with E-state index in [1.54, 1.807) is 18.2 Å². The van der Waals surface area contributed by atoms with Crippen molar-refractivity contribution >= 4 is 17.4 Å². The van der Waals surface area contributed by atoms with Crippen LogP contribution in [-0.4, -0.2) is 15.9 Å². The van der Waals surface area contributed by atoms with Crippen LogP contribution in [0.5, 0.6) is 0 Å². The van der Waals surface area contributed by atoms with Gasteiger partial charge in [0.05, 0.1) is 12.4 Å². The van der Waals surface area contributed by atoms with E-state index in [1.807, 2.05) is 32.0 Å². The molecule has 3 aromatic rings. The lowest BCUT2D eigenvalue weighted by molar-refractivity contribution is 0.102. The fraction of sp³-hybridized carbons (Fsp3) is 0.150. The molecule has 2 N–H and O–H groups in total. The number of aryl methyl sites for hydroxylation is 2. The summed E-state index contributed by atoms with van der Waals surface area (Å²) in [6, 6.07) is 12.3. The van der Waals surface area contributed by atoms with Crippen LogP contribution in [0.3, 0.4) is 0 Å². The molecule has 3 rings (SSSR count). The van der Waals surface area contributed by atoms with Gasteiger partial charge in [-0.25, -0.2) is 14.4 Å². The highest BCUT2D eigenvalue weighted by Gasteiger charge is 2.09. The van der Waals surface area contributed by atoms with E-state index in [-0.39, 0.29) is 24.0 Å². The summed E-state index contributed by atoms with van der Waals surface area (Å²) in [6.07, 6.45) is 2.85. The lowest BCUT2D eigenvalue weighted by Crippen LogP contribution is -2.14. The Bertz CT molecular complexity index is 905. The lowest BCUT2D eigenvalue weighted by atomic mass is 10.1. The van der Waals surface area contributed by atoms with Crippen molar-refractivity contribution in [1.82, 2.24) is 9.97 Å². The van der Waals surface area contributed by atoms with Crippen LogP contribution >= 0.6 is 0 Å². The quantitative estimate of drug-likeness (QED) is 0.727. The lowest BCUT2D eigenvalue weighted by Gasteiger charge is -2.08. The van der Waals surface area contributed by atoms with E-state index in [1.165, 1.54) is 18.5 Å². The number of rotatable bonds is 5. The van der Waals surface area contributed by atoms with Crippen molar-refractivity contribution in [3.63, 3.8) is 0 Å². The Morgan fingerprint density at radius 2 is 1.77 bits per heavy atom. The number of anilines is 2. The zero-order chi connectivity index (χ0) is 18.5. The Hall–Kier alpha value is -3.28. The zero-order valence-corrected chi connectivity index (χ0v) is 14.6. The molecule has 1 aromatic heterocycles. The minimum atomic E-state index is -0.330. The van der Waals surface area contributed by atoms with Gasteiger partial charge in [-0.05, 0) is 43.2 Å². The molecule has 0 fully saturated rings. The highest BCUT2D eigenvalue weighted by molar-refractivity contribution is 6.02. The molecule has 0 bridgehead atoms. The van der Waals surface area contributed by atoms with E-state index >= 15 is 0 Å². The monoisotopic (exact) mass is 350 g/mol. The van der Waals surface area contributed by atoms with Crippen LogP contribution in [0.1, 0.15) is 27.2 Å². The molecule has 2 aromatic carbocycles. The Morgan fingerprint density at radius 3 is 2.42 bits per heavy atom. The van der Waals surface area contributed by atoms with Gasteiger partial charge in [-0.2, -0.15) is 0 Å². The molecule has 6 heteroatoms. The second-order valence-electron chi connectivity index (χ2n) is 6.06. The fourth-order valence-corrected chi connectivity index (χ4v) is 2.61. The van der Waals surface area contributed by atoms with E-state index in [4.69, 9.17) is 0 Å². The van der Waals surface area contributed by atoms with Crippen molar-refractivity contribution in [3.8, 4) is 0 Å². The Morgan fingerprint density at radius 1 is 1.04 bits per heavy atom. The molecule has 0 unspecified atom stereocenters. The van der Waals surface area contributed by atoms with Gasteiger partial charge in [0, 0.05) is 17.8 Å². The Kier molecular flexibility index (Phi) is 5.22. The minimum Gasteiger partial charge on any atom is -0.365 e. The molecule has 0 spiro atoms. The summed E-state index contributed by atoms with van der Waals surface area (Å²) in [7, 11) is 0. The van der Waals surface area contributed by atoms with Gasteiger partial charge in [0.2, 0.25) is 0 Å². The number of nitrogens with one attached hydrogen (secondary N) is 2. The summed E-state index contributed by atoms with van der Waals surface area (Å²) in [5, 5.41) is 5.80. The van der Waals surface area contributed by atoms with Crippen molar-refractivity contribution in [2.75, 3.05) is 10.6 Å². The van der Waals surface area contributed by atoms with Crippen LogP contribution in [0.15, 0.2) is 54.9 Å². The van der Waals surface area contributed by atoms with Crippen molar-refractivity contribution in [2.24, 2.45) is 0 Å². The predicted molar refractivity (Wildman–Crippen MR) is 99.6 cm³/mol. The number of amides is 1. The maximum atomic E-state index is 13.6. The van der Waals surface area contributed by atoms with E-state index in [9.17, 15) is 9.18 Å². The summed E-state index contributed by atoms with van der Waals surface area (Å²) in [5.74, 6) is -0.142. The number of carbonyl (C=O) groups excluding carboxylic acids is 1. The first-order chi connectivity index (χ1) is 12.5. The van der Waals surface area contributed by atoms with E-state index in [0.717, 1.165) is 16.8 Å². The van der Waals surface area contributed by atoms with Crippen LogP contribution in [-0.2, 0) is 6.54 Å². The molecule has 26 heavy (non-hydrogen) atoms. The van der Waals surface area contributed by atoms with Crippen molar-refractivity contribution < 1.29 is 9.18 Å². The smallest absolute Gasteiger partial charge is 0.275 e. The topological polar surface area (TPSA) is 66.9 Å². The van der Waals surface area contributed by atoms with Gasteiger partial charge < -0.3 is 10.6 Å². The first kappa shape index (κ1) is 17.5. The molecule has 0 aliphatic heterocycles. The van der Waals surface area contributed by atoms with Crippen LogP contribution in [0, 0.1) is 19.7 Å². The second-order valence-corrected chi connectivity index (χ2v) is 6.06. The molecule has 0 saturated carbocycles. The molecule has 0 aliphatic rings. The number of aromatic nitrogens is 2. The van der Waals surface area contributed by atoms with E-state index in [0.29, 0.717) is 11.4 Å². The summed E-state index contributed by atoms with van der Waals surface area (Å²) in [4.78, 5) is 20.6. The van der Waals surface area contributed by atoms with Gasteiger partial charge in [-0.3, -0.25) is 4.79 Å². The maximum absolute atomic E-state index is 13.6. The molecule has 0 saturated heterocycles. The van der Waals surface area contributed by atoms with Crippen LogP contribution in [0.25, 0.3) is 0 Å². The number of benzene rings is 2. The maximum Gasteiger partial charge on any atom is 0.275 e. The minimum absolute atomic E-state index is 0.209. The highest BCUT2D eigenvalue weighted by Crippen LogP contribution is 2.15. The van der Waals surface area contributed by atoms with Gasteiger partial charge >= 0.3 is 0 Å². The average Bonchev–Trinajstić information content (AvgIpc) is 2.60. The third kappa shape index (κ3) is 4.42. The number of hydrogen-bond acceptors (Lipinski definition) is 4. The molecular weight excluding hydrogens is 331 g/mol. The summed E-state index contributed by atoms with van der Waals surface area (Å²) < 4.78 is 13.6. The van der Waals surface area contributed by atoms with Gasteiger partial charge in [-0.15, -0.1) is 0 Å². The Balaban J connectivity index is 1.63. The van der Waals surface area contributed by atoms with Gasteiger partial charge in [0.15, 0.2) is 0 Å². The van der Waals surface area contributed by atoms with Crippen molar-refractivity contribution in [2.45, 2.75) is 20.4 Å². The molecule has 1 heterocycles.